The first kappa shape index (κ1) is 16.1. The average molecular weight is 372 g/mol. The van der Waals surface area contributed by atoms with Crippen LogP contribution in [-0.4, -0.2) is 23.3 Å². The van der Waals surface area contributed by atoms with Crippen LogP contribution in [-0.2, 0) is 4.79 Å². The third-order valence-electron chi connectivity index (χ3n) is 4.08. The van der Waals surface area contributed by atoms with Gasteiger partial charge in [0, 0.05) is 18.0 Å². The first-order valence-corrected chi connectivity index (χ1v) is 9.08. The molecular formula is C18H14ClN3O2S. The van der Waals surface area contributed by atoms with Crippen molar-refractivity contribution in [3.05, 3.63) is 53.1 Å². The minimum atomic E-state index is -0.277. The van der Waals surface area contributed by atoms with Gasteiger partial charge in [0.15, 0.2) is 5.13 Å². The normalized spacial score (nSPS) is 14.3. The standard InChI is InChI=1S/C18H14ClN3O2S/c19-11-7-8-13-15(10-11)25-18(20-13)21-17(24)12-4-1-2-5-14(12)22-9-3-6-16(22)23/h1-2,4-5,7-8,10H,3,6,9H2,(H,20,21,24). The Morgan fingerprint density at radius 1 is 1.24 bits per heavy atom. The quantitative estimate of drug-likeness (QED) is 0.745. The molecule has 0 saturated carbocycles. The number of anilines is 2. The van der Waals surface area contributed by atoms with E-state index in [1.807, 2.05) is 18.2 Å². The number of hydrogen-bond donors (Lipinski definition) is 1. The van der Waals surface area contributed by atoms with Gasteiger partial charge >= 0.3 is 0 Å². The van der Waals surface area contributed by atoms with Crippen molar-refractivity contribution in [1.29, 1.82) is 0 Å². The van der Waals surface area contributed by atoms with E-state index in [9.17, 15) is 9.59 Å². The summed E-state index contributed by atoms with van der Waals surface area (Å²) >= 11 is 7.36. The van der Waals surface area contributed by atoms with Crippen molar-refractivity contribution in [1.82, 2.24) is 4.98 Å². The van der Waals surface area contributed by atoms with Crippen molar-refractivity contribution in [2.24, 2.45) is 0 Å². The van der Waals surface area contributed by atoms with Gasteiger partial charge in [-0.25, -0.2) is 4.98 Å². The molecule has 7 heteroatoms. The van der Waals surface area contributed by atoms with Gasteiger partial charge in [0.1, 0.15) is 0 Å². The maximum Gasteiger partial charge on any atom is 0.259 e. The lowest BCUT2D eigenvalue weighted by molar-refractivity contribution is -0.117. The highest BCUT2D eigenvalue weighted by Crippen LogP contribution is 2.30. The van der Waals surface area contributed by atoms with Crippen molar-refractivity contribution >= 4 is 55.8 Å². The maximum atomic E-state index is 12.7. The molecule has 1 N–H and O–H groups in total. The maximum absolute atomic E-state index is 12.7. The molecule has 0 unspecified atom stereocenters. The van der Waals surface area contributed by atoms with E-state index in [0.29, 0.717) is 34.4 Å². The number of nitrogens with zero attached hydrogens (tertiary/aromatic N) is 2. The molecule has 1 fully saturated rings. The molecule has 2 amide bonds. The number of fused-ring (bicyclic) bond motifs is 1. The third kappa shape index (κ3) is 3.10. The molecule has 25 heavy (non-hydrogen) atoms. The van der Waals surface area contributed by atoms with Crippen LogP contribution in [0.3, 0.4) is 0 Å². The molecule has 1 aromatic heterocycles. The number of amides is 2. The third-order valence-corrected chi connectivity index (χ3v) is 5.25. The molecule has 0 aliphatic carbocycles. The summed E-state index contributed by atoms with van der Waals surface area (Å²) in [6.07, 6.45) is 1.34. The zero-order valence-corrected chi connectivity index (χ0v) is 14.7. The molecule has 0 bridgehead atoms. The number of thiazole rings is 1. The van der Waals surface area contributed by atoms with Crippen molar-refractivity contribution < 1.29 is 9.59 Å². The van der Waals surface area contributed by atoms with Crippen molar-refractivity contribution in [2.75, 3.05) is 16.8 Å². The number of benzene rings is 2. The summed E-state index contributed by atoms with van der Waals surface area (Å²) < 4.78 is 0.908. The topological polar surface area (TPSA) is 62.3 Å². The number of para-hydroxylation sites is 1. The Kier molecular flexibility index (Phi) is 4.15. The lowest BCUT2D eigenvalue weighted by Gasteiger charge is -2.18. The van der Waals surface area contributed by atoms with Gasteiger partial charge in [-0.15, -0.1) is 0 Å². The molecule has 4 rings (SSSR count). The summed E-state index contributed by atoms with van der Waals surface area (Å²) in [5, 5.41) is 3.97. The Morgan fingerprint density at radius 2 is 2.08 bits per heavy atom. The second-order valence-electron chi connectivity index (χ2n) is 5.75. The lowest BCUT2D eigenvalue weighted by Crippen LogP contribution is -2.27. The summed E-state index contributed by atoms with van der Waals surface area (Å²) in [7, 11) is 0. The number of carbonyl (C=O) groups is 2. The fourth-order valence-electron chi connectivity index (χ4n) is 2.92. The second kappa shape index (κ2) is 6.46. The summed E-state index contributed by atoms with van der Waals surface area (Å²) in [6.45, 7) is 0.642. The van der Waals surface area contributed by atoms with E-state index in [2.05, 4.69) is 10.3 Å². The Labute approximate surface area is 153 Å². The molecule has 1 saturated heterocycles. The van der Waals surface area contributed by atoms with Gasteiger partial charge in [0.25, 0.3) is 5.91 Å². The Bertz CT molecular complexity index is 985. The monoisotopic (exact) mass is 371 g/mol. The molecule has 1 aliphatic heterocycles. The van der Waals surface area contributed by atoms with Crippen LogP contribution in [0.4, 0.5) is 10.8 Å². The Morgan fingerprint density at radius 3 is 2.88 bits per heavy atom. The average Bonchev–Trinajstić information content (AvgIpc) is 3.19. The number of rotatable bonds is 3. The highest BCUT2D eigenvalue weighted by atomic mass is 35.5. The summed E-state index contributed by atoms with van der Waals surface area (Å²) in [4.78, 5) is 30.8. The molecule has 0 atom stereocenters. The van der Waals surface area contributed by atoms with E-state index in [4.69, 9.17) is 11.6 Å². The SMILES string of the molecule is O=C(Nc1nc2ccc(Cl)cc2s1)c1ccccc1N1CCCC1=O. The van der Waals surface area contributed by atoms with E-state index in [1.165, 1.54) is 11.3 Å². The minimum absolute atomic E-state index is 0.0508. The van der Waals surface area contributed by atoms with Crippen molar-refractivity contribution in [3.8, 4) is 0 Å². The van der Waals surface area contributed by atoms with Gasteiger partial charge in [0.05, 0.1) is 21.5 Å². The molecule has 2 heterocycles. The van der Waals surface area contributed by atoms with Crippen LogP contribution in [0.1, 0.15) is 23.2 Å². The van der Waals surface area contributed by atoms with Crippen LogP contribution in [0.5, 0.6) is 0 Å². The zero-order chi connectivity index (χ0) is 17.4. The van der Waals surface area contributed by atoms with E-state index in [0.717, 1.165) is 16.6 Å². The predicted octanol–water partition coefficient (Wildman–Crippen LogP) is 4.33. The molecule has 5 nitrogen and oxygen atoms in total. The molecular weight excluding hydrogens is 358 g/mol. The van der Waals surface area contributed by atoms with Gasteiger partial charge in [-0.3, -0.25) is 14.9 Å². The fourth-order valence-corrected chi connectivity index (χ4v) is 4.06. The summed E-state index contributed by atoms with van der Waals surface area (Å²) in [5.74, 6) is -0.227. The Hall–Kier alpha value is -2.44. The summed E-state index contributed by atoms with van der Waals surface area (Å²) in [5.41, 5.74) is 1.90. The highest BCUT2D eigenvalue weighted by Gasteiger charge is 2.25. The molecule has 2 aromatic carbocycles. The first-order chi connectivity index (χ1) is 12.1. The fraction of sp³-hybridized carbons (Fsp3) is 0.167. The van der Waals surface area contributed by atoms with Crippen LogP contribution < -0.4 is 10.2 Å². The van der Waals surface area contributed by atoms with Gasteiger partial charge in [-0.1, -0.05) is 35.1 Å². The van der Waals surface area contributed by atoms with E-state index in [1.54, 1.807) is 29.2 Å². The van der Waals surface area contributed by atoms with E-state index >= 15 is 0 Å². The van der Waals surface area contributed by atoms with Gasteiger partial charge < -0.3 is 4.90 Å². The predicted molar refractivity (Wildman–Crippen MR) is 101 cm³/mol. The van der Waals surface area contributed by atoms with Crippen LogP contribution in [0, 0.1) is 0 Å². The largest absolute Gasteiger partial charge is 0.312 e. The minimum Gasteiger partial charge on any atom is -0.312 e. The number of hydrogen-bond acceptors (Lipinski definition) is 4. The van der Waals surface area contributed by atoms with Gasteiger partial charge in [-0.2, -0.15) is 0 Å². The highest BCUT2D eigenvalue weighted by molar-refractivity contribution is 7.22. The number of nitrogens with one attached hydrogen (secondary N) is 1. The Balaban J connectivity index is 1.63. The van der Waals surface area contributed by atoms with Gasteiger partial charge in [-0.05, 0) is 36.8 Å². The summed E-state index contributed by atoms with van der Waals surface area (Å²) in [6, 6.07) is 12.6. The van der Waals surface area contributed by atoms with E-state index < -0.39 is 0 Å². The van der Waals surface area contributed by atoms with Gasteiger partial charge in [0.2, 0.25) is 5.91 Å². The first-order valence-electron chi connectivity index (χ1n) is 7.89. The molecule has 1 aliphatic rings. The number of aromatic nitrogens is 1. The molecule has 126 valence electrons. The van der Waals surface area contributed by atoms with Crippen LogP contribution in [0.25, 0.3) is 10.2 Å². The molecule has 0 spiro atoms. The number of carbonyl (C=O) groups excluding carboxylic acids is 2. The second-order valence-corrected chi connectivity index (χ2v) is 7.22. The van der Waals surface area contributed by atoms with Crippen molar-refractivity contribution in [2.45, 2.75) is 12.8 Å². The smallest absolute Gasteiger partial charge is 0.259 e. The zero-order valence-electron chi connectivity index (χ0n) is 13.2. The molecule has 3 aromatic rings. The van der Waals surface area contributed by atoms with Crippen molar-refractivity contribution in [3.63, 3.8) is 0 Å². The molecule has 0 radical (unpaired) electrons. The van der Waals surface area contributed by atoms with E-state index in [-0.39, 0.29) is 11.8 Å². The number of halogens is 1. The van der Waals surface area contributed by atoms with Crippen LogP contribution >= 0.6 is 22.9 Å². The van der Waals surface area contributed by atoms with Crippen LogP contribution in [0.2, 0.25) is 5.02 Å². The lowest BCUT2D eigenvalue weighted by atomic mass is 10.1. The van der Waals surface area contributed by atoms with Crippen LogP contribution in [0.15, 0.2) is 42.5 Å².